The van der Waals surface area contributed by atoms with E-state index in [0.29, 0.717) is 16.8 Å². The lowest BCUT2D eigenvalue weighted by Gasteiger charge is -2.18. The number of rotatable bonds is 1. The fourth-order valence-electron chi connectivity index (χ4n) is 2.55. The van der Waals surface area contributed by atoms with Gasteiger partial charge < -0.3 is 5.32 Å². The summed E-state index contributed by atoms with van der Waals surface area (Å²) < 4.78 is 13.4. The van der Waals surface area contributed by atoms with Crippen molar-refractivity contribution < 1.29 is 9.18 Å². The highest BCUT2D eigenvalue weighted by Crippen LogP contribution is 2.33. The average molecular weight is 295 g/mol. The number of halogens is 1. The van der Waals surface area contributed by atoms with E-state index in [1.807, 2.05) is 12.1 Å². The van der Waals surface area contributed by atoms with Crippen LogP contribution in [0.15, 0.2) is 42.5 Å². The second kappa shape index (κ2) is 5.09. The predicted octanol–water partition coefficient (Wildman–Crippen LogP) is 4.62. The molecule has 0 unspecified atom stereocenters. The van der Waals surface area contributed by atoms with Crippen molar-refractivity contribution in [2.75, 3.05) is 5.32 Å². The molecule has 1 heterocycles. The summed E-state index contributed by atoms with van der Waals surface area (Å²) in [6.07, 6.45) is 1.80. The Balaban J connectivity index is 1.99. The molecule has 3 rings (SSSR count). The number of anilines is 1. The lowest BCUT2D eigenvalue weighted by atomic mass is 9.86. The van der Waals surface area contributed by atoms with Crippen molar-refractivity contribution in [3.8, 4) is 0 Å². The van der Waals surface area contributed by atoms with E-state index in [1.54, 1.807) is 12.1 Å². The molecule has 2 aromatic rings. The van der Waals surface area contributed by atoms with Crippen LogP contribution in [-0.2, 0) is 10.2 Å². The summed E-state index contributed by atoms with van der Waals surface area (Å²) in [5.41, 5.74) is 4.02. The van der Waals surface area contributed by atoms with E-state index in [9.17, 15) is 9.18 Å². The maximum absolute atomic E-state index is 13.4. The van der Waals surface area contributed by atoms with Crippen molar-refractivity contribution >= 4 is 23.2 Å². The Labute approximate surface area is 129 Å². The molecule has 1 aliphatic heterocycles. The molecule has 0 aromatic heterocycles. The molecule has 1 amide bonds. The highest BCUT2D eigenvalue weighted by molar-refractivity contribution is 6.34. The molecule has 0 bridgehead atoms. The first-order valence-corrected chi connectivity index (χ1v) is 7.28. The number of benzene rings is 2. The second-order valence-electron chi connectivity index (χ2n) is 6.57. The number of amides is 1. The van der Waals surface area contributed by atoms with Crippen LogP contribution in [0.3, 0.4) is 0 Å². The smallest absolute Gasteiger partial charge is 0.256 e. The van der Waals surface area contributed by atoms with Crippen LogP contribution in [0.4, 0.5) is 10.1 Å². The van der Waals surface area contributed by atoms with Gasteiger partial charge in [0.05, 0.1) is 0 Å². The largest absolute Gasteiger partial charge is 0.321 e. The molecule has 112 valence electrons. The van der Waals surface area contributed by atoms with E-state index >= 15 is 0 Å². The Morgan fingerprint density at radius 2 is 1.73 bits per heavy atom. The summed E-state index contributed by atoms with van der Waals surface area (Å²) in [7, 11) is 0. The molecule has 0 saturated heterocycles. The highest BCUT2D eigenvalue weighted by atomic mass is 19.1. The first kappa shape index (κ1) is 14.5. The van der Waals surface area contributed by atoms with Crippen LogP contribution in [0.2, 0.25) is 0 Å². The van der Waals surface area contributed by atoms with Crippen LogP contribution in [0.1, 0.15) is 37.5 Å². The molecule has 22 heavy (non-hydrogen) atoms. The molecule has 1 N–H and O–H groups in total. The third-order valence-corrected chi connectivity index (χ3v) is 3.85. The number of hydrogen-bond acceptors (Lipinski definition) is 1. The van der Waals surface area contributed by atoms with E-state index in [0.717, 1.165) is 5.56 Å². The monoisotopic (exact) mass is 295 g/mol. The van der Waals surface area contributed by atoms with Gasteiger partial charge in [0, 0.05) is 16.8 Å². The highest BCUT2D eigenvalue weighted by Gasteiger charge is 2.24. The van der Waals surface area contributed by atoms with E-state index in [1.165, 1.54) is 17.7 Å². The molecule has 2 aromatic carbocycles. The zero-order valence-corrected chi connectivity index (χ0v) is 12.9. The van der Waals surface area contributed by atoms with Crippen molar-refractivity contribution in [2.24, 2.45) is 0 Å². The summed E-state index contributed by atoms with van der Waals surface area (Å²) in [4.78, 5) is 12.1. The first-order chi connectivity index (χ1) is 10.3. The molecule has 0 atom stereocenters. The second-order valence-corrected chi connectivity index (χ2v) is 6.57. The summed E-state index contributed by atoms with van der Waals surface area (Å²) in [6, 6.07) is 12.4. The molecule has 1 aliphatic rings. The predicted molar refractivity (Wildman–Crippen MR) is 88.0 cm³/mol. The zero-order chi connectivity index (χ0) is 15.9. The van der Waals surface area contributed by atoms with Crippen LogP contribution in [0, 0.1) is 5.82 Å². The number of carbonyl (C=O) groups excluding carboxylic acids is 1. The van der Waals surface area contributed by atoms with Gasteiger partial charge in [0.2, 0.25) is 0 Å². The number of fused-ring (bicyclic) bond motifs is 1. The minimum atomic E-state index is -0.343. The van der Waals surface area contributed by atoms with E-state index < -0.39 is 0 Å². The van der Waals surface area contributed by atoms with Crippen molar-refractivity contribution in [3.63, 3.8) is 0 Å². The Kier molecular flexibility index (Phi) is 3.36. The molecule has 0 spiro atoms. The number of nitrogens with one attached hydrogen (secondary N) is 1. The van der Waals surface area contributed by atoms with Gasteiger partial charge in [-0.1, -0.05) is 45.0 Å². The molecule has 0 aliphatic carbocycles. The van der Waals surface area contributed by atoms with Crippen LogP contribution in [-0.4, -0.2) is 5.91 Å². The Bertz CT molecular complexity index is 767. The molecule has 2 nitrogen and oxygen atoms in total. The van der Waals surface area contributed by atoms with Gasteiger partial charge >= 0.3 is 0 Å². The molecule has 0 saturated carbocycles. The van der Waals surface area contributed by atoms with Crippen LogP contribution in [0.25, 0.3) is 11.6 Å². The minimum absolute atomic E-state index is 0.0894. The maximum atomic E-state index is 13.4. The Morgan fingerprint density at radius 3 is 2.36 bits per heavy atom. The van der Waals surface area contributed by atoms with Crippen LogP contribution in [0.5, 0.6) is 0 Å². The quantitative estimate of drug-likeness (QED) is 0.764. The van der Waals surface area contributed by atoms with Crippen LogP contribution < -0.4 is 5.32 Å². The zero-order valence-electron chi connectivity index (χ0n) is 12.9. The summed E-state index contributed by atoms with van der Waals surface area (Å²) in [5.74, 6) is -0.537. The van der Waals surface area contributed by atoms with Crippen molar-refractivity contribution in [3.05, 3.63) is 65.0 Å². The van der Waals surface area contributed by atoms with Gasteiger partial charge in [0.1, 0.15) is 5.82 Å². The molecule has 0 radical (unpaired) electrons. The van der Waals surface area contributed by atoms with E-state index in [2.05, 4.69) is 38.2 Å². The number of hydrogen-bond donors (Lipinski definition) is 1. The fourth-order valence-corrected chi connectivity index (χ4v) is 2.55. The Morgan fingerprint density at radius 1 is 1.05 bits per heavy atom. The topological polar surface area (TPSA) is 29.1 Å². The van der Waals surface area contributed by atoms with Gasteiger partial charge in [0.25, 0.3) is 5.91 Å². The third kappa shape index (κ3) is 2.67. The van der Waals surface area contributed by atoms with Crippen LogP contribution >= 0.6 is 0 Å². The number of carbonyl (C=O) groups is 1. The maximum Gasteiger partial charge on any atom is 0.256 e. The molecular formula is C19H18FNO. The van der Waals surface area contributed by atoms with E-state index in [-0.39, 0.29) is 17.1 Å². The standard InChI is InChI=1S/C19H18FNO/c1-19(2,3)13-6-4-12(5-7-13)10-16-15-11-14(20)8-9-17(15)21-18(16)22/h4-11H,1-3H3,(H,21,22). The molecule has 3 heteroatoms. The first-order valence-electron chi connectivity index (χ1n) is 7.28. The minimum Gasteiger partial charge on any atom is -0.321 e. The van der Waals surface area contributed by atoms with Gasteiger partial charge in [-0.15, -0.1) is 0 Å². The summed E-state index contributed by atoms with van der Waals surface area (Å²) >= 11 is 0. The van der Waals surface area contributed by atoms with Gasteiger partial charge in [-0.05, 0) is 40.8 Å². The van der Waals surface area contributed by atoms with E-state index in [4.69, 9.17) is 0 Å². The lowest BCUT2D eigenvalue weighted by Crippen LogP contribution is -2.10. The van der Waals surface area contributed by atoms with Gasteiger partial charge in [-0.3, -0.25) is 4.79 Å². The fraction of sp³-hybridized carbons (Fsp3) is 0.211. The normalized spacial score (nSPS) is 15.8. The van der Waals surface area contributed by atoms with Crippen molar-refractivity contribution in [1.82, 2.24) is 0 Å². The SMILES string of the molecule is CC(C)(C)c1ccc(C=C2C(=O)Nc3ccc(F)cc32)cc1. The summed E-state index contributed by atoms with van der Waals surface area (Å²) in [5, 5.41) is 2.76. The van der Waals surface area contributed by atoms with Gasteiger partial charge in [0.15, 0.2) is 0 Å². The molecular weight excluding hydrogens is 277 g/mol. The average Bonchev–Trinajstić information content (AvgIpc) is 2.75. The third-order valence-electron chi connectivity index (χ3n) is 3.85. The van der Waals surface area contributed by atoms with Gasteiger partial charge in [-0.2, -0.15) is 0 Å². The van der Waals surface area contributed by atoms with Gasteiger partial charge in [-0.25, -0.2) is 4.39 Å². The van der Waals surface area contributed by atoms with Crippen molar-refractivity contribution in [1.29, 1.82) is 0 Å². The summed E-state index contributed by atoms with van der Waals surface area (Å²) in [6.45, 7) is 6.47. The van der Waals surface area contributed by atoms with Crippen molar-refractivity contribution in [2.45, 2.75) is 26.2 Å². The lowest BCUT2D eigenvalue weighted by molar-refractivity contribution is -0.110. The molecule has 0 fully saturated rings. The Hall–Kier alpha value is -2.42.